The molecule has 186 valence electrons. The molecule has 1 amide bonds. The van der Waals surface area contributed by atoms with E-state index in [1.807, 2.05) is 29.3 Å². The highest BCUT2D eigenvalue weighted by Crippen LogP contribution is 2.26. The zero-order chi connectivity index (χ0) is 25.3. The molecule has 1 aliphatic heterocycles. The van der Waals surface area contributed by atoms with Crippen molar-refractivity contribution in [3.63, 3.8) is 0 Å². The maximum absolute atomic E-state index is 13.2. The molecule has 3 heterocycles. The summed E-state index contributed by atoms with van der Waals surface area (Å²) >= 11 is 1.10. The number of sulfonamides is 1. The van der Waals surface area contributed by atoms with Gasteiger partial charge in [0, 0.05) is 35.7 Å². The summed E-state index contributed by atoms with van der Waals surface area (Å²) in [6, 6.07) is 16.1. The Morgan fingerprint density at radius 2 is 1.75 bits per heavy atom. The van der Waals surface area contributed by atoms with Crippen molar-refractivity contribution >= 4 is 44.0 Å². The number of carbonyl (C=O) groups excluding carboxylic acids is 1. The van der Waals surface area contributed by atoms with E-state index in [1.165, 1.54) is 28.6 Å². The van der Waals surface area contributed by atoms with Gasteiger partial charge >= 0.3 is 0 Å². The van der Waals surface area contributed by atoms with E-state index in [0.717, 1.165) is 22.4 Å². The number of non-ortho nitro benzene ring substituents is 1. The lowest BCUT2D eigenvalue weighted by molar-refractivity contribution is -0.384. The molecule has 5 rings (SSSR count). The van der Waals surface area contributed by atoms with Crippen LogP contribution in [0, 0.1) is 10.1 Å². The fraction of sp³-hybridized carbons (Fsp3) is 0.227. The molecule has 0 bridgehead atoms. The summed E-state index contributed by atoms with van der Waals surface area (Å²) in [6.07, 6.45) is 0. The van der Waals surface area contributed by atoms with Gasteiger partial charge in [-0.1, -0.05) is 12.1 Å². The Kier molecular flexibility index (Phi) is 6.38. The van der Waals surface area contributed by atoms with Crippen molar-refractivity contribution in [1.82, 2.24) is 24.7 Å². The van der Waals surface area contributed by atoms with E-state index in [2.05, 4.69) is 15.6 Å². The molecule has 1 saturated heterocycles. The second-order valence-corrected chi connectivity index (χ2v) is 11.4. The minimum absolute atomic E-state index is 0.102. The Labute approximate surface area is 209 Å². The number of carbonyl (C=O) groups is 1. The van der Waals surface area contributed by atoms with Crippen molar-refractivity contribution in [1.29, 1.82) is 0 Å². The summed E-state index contributed by atoms with van der Waals surface area (Å²) in [7, 11) is -3.68. The van der Waals surface area contributed by atoms with Crippen molar-refractivity contribution < 1.29 is 18.1 Å². The molecule has 2 aromatic carbocycles. The summed E-state index contributed by atoms with van der Waals surface area (Å²) in [5.74, 6) is -0.403. The van der Waals surface area contributed by atoms with Crippen LogP contribution in [0.25, 0.3) is 11.0 Å². The number of benzene rings is 2. The van der Waals surface area contributed by atoms with Gasteiger partial charge in [0.05, 0.1) is 24.6 Å². The Morgan fingerprint density at radius 1 is 1.03 bits per heavy atom. The van der Waals surface area contributed by atoms with Crippen LogP contribution in [0.4, 0.5) is 5.69 Å². The summed E-state index contributed by atoms with van der Waals surface area (Å²) in [6.45, 7) is 1.69. The first kappa shape index (κ1) is 23.8. The highest BCUT2D eigenvalue weighted by atomic mass is 32.2. The van der Waals surface area contributed by atoms with Crippen LogP contribution in [0.15, 0.2) is 64.9 Å². The van der Waals surface area contributed by atoms with Gasteiger partial charge in [-0.3, -0.25) is 19.9 Å². The molecule has 0 atom stereocenters. The van der Waals surface area contributed by atoms with Gasteiger partial charge in [0.1, 0.15) is 15.2 Å². The van der Waals surface area contributed by atoms with E-state index in [0.29, 0.717) is 31.1 Å². The second-order valence-electron chi connectivity index (χ2n) is 8.03. The van der Waals surface area contributed by atoms with Crippen LogP contribution in [0.2, 0.25) is 0 Å². The van der Waals surface area contributed by atoms with Gasteiger partial charge in [0.2, 0.25) is 0 Å². The molecular weight excluding hydrogens is 506 g/mol. The van der Waals surface area contributed by atoms with Gasteiger partial charge in [0.15, 0.2) is 0 Å². The van der Waals surface area contributed by atoms with Gasteiger partial charge in [0.25, 0.3) is 21.6 Å². The van der Waals surface area contributed by atoms with Crippen LogP contribution >= 0.6 is 11.3 Å². The van der Waals surface area contributed by atoms with Crippen LogP contribution in [0.5, 0.6) is 0 Å². The van der Waals surface area contributed by atoms with E-state index in [4.69, 9.17) is 0 Å². The molecule has 0 spiro atoms. The highest BCUT2D eigenvalue weighted by molar-refractivity contribution is 7.91. The van der Waals surface area contributed by atoms with Crippen LogP contribution in [0.3, 0.4) is 0 Å². The predicted molar refractivity (Wildman–Crippen MR) is 133 cm³/mol. The smallest absolute Gasteiger partial charge is 0.269 e. The number of rotatable bonds is 7. The summed E-state index contributed by atoms with van der Waals surface area (Å²) < 4.78 is 28.0. The lowest BCUT2D eigenvalue weighted by Gasteiger charge is -2.34. The van der Waals surface area contributed by atoms with Crippen LogP contribution < -0.4 is 10.3 Å². The summed E-state index contributed by atoms with van der Waals surface area (Å²) in [5.41, 5.74) is 1.82. The van der Waals surface area contributed by atoms with Gasteiger partial charge in [-0.05, 0) is 41.6 Å². The number of nitro groups is 1. The van der Waals surface area contributed by atoms with Crippen LogP contribution in [0.1, 0.15) is 15.2 Å². The number of nitrogens with zero attached hydrogens (tertiary/aromatic N) is 6. The van der Waals surface area contributed by atoms with Crippen molar-refractivity contribution in [2.75, 3.05) is 31.2 Å². The molecule has 1 fully saturated rings. The Hall–Kier alpha value is -3.88. The van der Waals surface area contributed by atoms with Crippen molar-refractivity contribution in [2.45, 2.75) is 10.8 Å². The van der Waals surface area contributed by atoms with Gasteiger partial charge in [-0.25, -0.2) is 8.42 Å². The molecule has 0 aliphatic carbocycles. The number of hydrogen-bond donors (Lipinski definition) is 1. The fourth-order valence-corrected chi connectivity index (χ4v) is 6.77. The maximum Gasteiger partial charge on any atom is 0.269 e. The van der Waals surface area contributed by atoms with E-state index >= 15 is 0 Å². The normalized spacial score (nSPS) is 14.7. The molecule has 2 aromatic heterocycles. The highest BCUT2D eigenvalue weighted by Gasteiger charge is 2.30. The van der Waals surface area contributed by atoms with E-state index < -0.39 is 20.9 Å². The number of nitro benzene ring substituents is 1. The number of para-hydroxylation sites is 1. The molecule has 36 heavy (non-hydrogen) atoms. The van der Waals surface area contributed by atoms with Gasteiger partial charge in [-0.2, -0.15) is 9.10 Å². The van der Waals surface area contributed by atoms with E-state index in [-0.39, 0.29) is 22.0 Å². The zero-order valence-corrected chi connectivity index (χ0v) is 20.5. The molecule has 0 unspecified atom stereocenters. The number of piperazine rings is 1. The Bertz CT molecular complexity index is 1520. The van der Waals surface area contributed by atoms with Crippen molar-refractivity contribution in [3.8, 4) is 0 Å². The first-order valence-corrected chi connectivity index (χ1v) is 13.3. The topological polar surface area (TPSA) is 144 Å². The first-order chi connectivity index (χ1) is 17.3. The number of amides is 1. The molecule has 12 nitrogen and oxygen atoms in total. The average Bonchev–Trinajstić information content (AvgIpc) is 3.55. The third kappa shape index (κ3) is 4.65. The molecular formula is C22H21N7O5S2. The zero-order valence-electron chi connectivity index (χ0n) is 18.9. The first-order valence-electron chi connectivity index (χ1n) is 11.0. The number of nitrogens with one attached hydrogen (secondary N) is 1. The molecule has 0 saturated carbocycles. The SMILES string of the molecule is O=C(NCc1ccc(S(=O)(=O)N2CCN(n3nnc4ccccc43)CC2)s1)c1ccc([N+](=O)[O-])cc1. The monoisotopic (exact) mass is 527 g/mol. The lowest BCUT2D eigenvalue weighted by Crippen LogP contribution is -2.52. The third-order valence-electron chi connectivity index (χ3n) is 5.81. The summed E-state index contributed by atoms with van der Waals surface area (Å²) in [5, 5.41) is 23.8. The molecule has 1 N–H and O–H groups in total. The quantitative estimate of drug-likeness (QED) is 0.284. The molecule has 1 aliphatic rings. The number of aromatic nitrogens is 3. The standard InChI is InChI=1S/C22H21N7O5S2/c30-22(16-5-7-17(8-6-16)29(31)32)23-15-18-9-10-21(35-18)36(33,34)27-13-11-26(12-14-27)28-20-4-2-1-3-19(20)24-25-28/h1-10H,11-15H2,(H,23,30). The van der Waals surface area contributed by atoms with Crippen LogP contribution in [-0.2, 0) is 16.6 Å². The van der Waals surface area contributed by atoms with Crippen molar-refractivity contribution in [2.24, 2.45) is 0 Å². The minimum Gasteiger partial charge on any atom is -0.347 e. The Morgan fingerprint density at radius 3 is 2.47 bits per heavy atom. The number of fused-ring (bicyclic) bond motifs is 1. The molecule has 0 radical (unpaired) electrons. The van der Waals surface area contributed by atoms with Crippen LogP contribution in [-0.4, -0.2) is 64.8 Å². The lowest BCUT2D eigenvalue weighted by atomic mass is 10.2. The second kappa shape index (κ2) is 9.64. The minimum atomic E-state index is -3.68. The molecule has 14 heteroatoms. The molecule has 4 aromatic rings. The third-order valence-corrected chi connectivity index (χ3v) is 9.26. The van der Waals surface area contributed by atoms with E-state index in [1.54, 1.807) is 16.9 Å². The largest absolute Gasteiger partial charge is 0.347 e. The predicted octanol–water partition coefficient (Wildman–Crippen LogP) is 1.97. The fourth-order valence-electron chi connectivity index (χ4n) is 3.90. The summed E-state index contributed by atoms with van der Waals surface area (Å²) in [4.78, 5) is 25.0. The number of hydrogen-bond acceptors (Lipinski definition) is 9. The Balaban J connectivity index is 1.19. The maximum atomic E-state index is 13.2. The van der Waals surface area contributed by atoms with Gasteiger partial charge in [-0.15, -0.1) is 16.4 Å². The van der Waals surface area contributed by atoms with E-state index in [9.17, 15) is 23.3 Å². The van der Waals surface area contributed by atoms with Crippen molar-refractivity contribution in [3.05, 3.63) is 81.2 Å². The van der Waals surface area contributed by atoms with Gasteiger partial charge < -0.3 is 5.32 Å². The average molecular weight is 528 g/mol. The number of thiophene rings is 1.